The van der Waals surface area contributed by atoms with Crippen LogP contribution in [-0.2, 0) is 0 Å². The number of fused-ring (bicyclic) bond motifs is 1. The van der Waals surface area contributed by atoms with E-state index in [2.05, 4.69) is 35.9 Å². The fraction of sp³-hybridized carbons (Fsp3) is 0.368. The number of H-pyrrole nitrogens is 1. The molecule has 2 amide bonds. The second-order valence-electron chi connectivity index (χ2n) is 7.07. The number of rotatable bonds is 4. The smallest absolute Gasteiger partial charge is 0.314 e. The Morgan fingerprint density at radius 3 is 2.93 bits per heavy atom. The monoisotopic (exact) mass is 417 g/mol. The maximum absolute atomic E-state index is 14.4. The Kier molecular flexibility index (Phi) is 5.48. The highest BCUT2D eigenvalue weighted by atomic mass is 35.5. The topological polar surface area (TPSA) is 108 Å². The molecule has 1 saturated carbocycles. The Morgan fingerprint density at radius 2 is 2.10 bits per heavy atom. The van der Waals surface area contributed by atoms with E-state index in [1.54, 1.807) is 25.5 Å². The molecule has 29 heavy (non-hydrogen) atoms. The Balaban J connectivity index is 1.55. The molecule has 2 atom stereocenters. The average Bonchev–Trinajstić information content (AvgIpc) is 3.13. The summed E-state index contributed by atoms with van der Waals surface area (Å²) >= 11 is 6.06. The van der Waals surface area contributed by atoms with Crippen LogP contribution in [0.5, 0.6) is 0 Å². The third kappa shape index (κ3) is 4.24. The number of urea groups is 1. The number of aromatic amines is 1. The molecule has 4 N–H and O–H groups in total. The van der Waals surface area contributed by atoms with E-state index in [4.69, 9.17) is 11.6 Å². The summed E-state index contributed by atoms with van der Waals surface area (Å²) in [7, 11) is 1.58. The van der Waals surface area contributed by atoms with Crippen LogP contribution in [0.1, 0.15) is 25.7 Å². The minimum atomic E-state index is -0.522. The molecule has 1 aliphatic rings. The van der Waals surface area contributed by atoms with Crippen LogP contribution < -0.4 is 16.0 Å². The average molecular weight is 418 g/mol. The number of anilines is 1. The molecule has 3 aromatic heterocycles. The summed E-state index contributed by atoms with van der Waals surface area (Å²) in [6, 6.07) is 1.60. The van der Waals surface area contributed by atoms with Gasteiger partial charge in [0.25, 0.3) is 0 Å². The highest BCUT2D eigenvalue weighted by molar-refractivity contribution is 6.31. The number of halogens is 2. The zero-order valence-corrected chi connectivity index (χ0v) is 16.6. The lowest BCUT2D eigenvalue weighted by atomic mass is 9.91. The summed E-state index contributed by atoms with van der Waals surface area (Å²) in [6.45, 7) is 0. The lowest BCUT2D eigenvalue weighted by molar-refractivity contribution is 0.233. The zero-order chi connectivity index (χ0) is 20.4. The lowest BCUT2D eigenvalue weighted by Crippen LogP contribution is -2.45. The third-order valence-electron chi connectivity index (χ3n) is 5.06. The quantitative estimate of drug-likeness (QED) is 0.520. The SMILES string of the molecule is CNC(=O)N[C@@H]1CCC[C@H](Nc2nc(-c3c[nH]c4ncc(Cl)cc34)ncc2F)C1. The first-order valence-electron chi connectivity index (χ1n) is 9.44. The molecule has 3 aromatic rings. The number of carbonyl (C=O) groups excluding carboxylic acids is 1. The first kappa shape index (κ1) is 19.4. The van der Waals surface area contributed by atoms with E-state index >= 15 is 0 Å². The number of nitrogens with zero attached hydrogens (tertiary/aromatic N) is 3. The van der Waals surface area contributed by atoms with Gasteiger partial charge in [-0.1, -0.05) is 11.6 Å². The fourth-order valence-corrected chi connectivity index (χ4v) is 3.82. The number of hydrogen-bond donors (Lipinski definition) is 4. The number of amides is 2. The molecule has 0 saturated heterocycles. The van der Waals surface area contributed by atoms with Crippen molar-refractivity contribution in [2.45, 2.75) is 37.8 Å². The molecule has 0 radical (unpaired) electrons. The summed E-state index contributed by atoms with van der Waals surface area (Å²) < 4.78 is 14.4. The largest absolute Gasteiger partial charge is 0.365 e. The Bertz CT molecular complexity index is 1040. The van der Waals surface area contributed by atoms with Crippen LogP contribution in [0.4, 0.5) is 15.0 Å². The highest BCUT2D eigenvalue weighted by Gasteiger charge is 2.24. The van der Waals surface area contributed by atoms with Gasteiger partial charge in [0.15, 0.2) is 17.5 Å². The van der Waals surface area contributed by atoms with E-state index in [9.17, 15) is 9.18 Å². The van der Waals surface area contributed by atoms with E-state index in [1.165, 1.54) is 0 Å². The molecule has 4 rings (SSSR count). The lowest BCUT2D eigenvalue weighted by Gasteiger charge is -2.30. The molecule has 0 unspecified atom stereocenters. The number of aromatic nitrogens is 4. The van der Waals surface area contributed by atoms with Crippen molar-refractivity contribution in [1.29, 1.82) is 0 Å². The van der Waals surface area contributed by atoms with Crippen molar-refractivity contribution in [3.8, 4) is 11.4 Å². The van der Waals surface area contributed by atoms with Crippen LogP contribution in [0.25, 0.3) is 22.4 Å². The second kappa shape index (κ2) is 8.20. The van der Waals surface area contributed by atoms with Gasteiger partial charge in [-0.25, -0.2) is 24.1 Å². The number of nitrogens with one attached hydrogen (secondary N) is 4. The maximum Gasteiger partial charge on any atom is 0.314 e. The van der Waals surface area contributed by atoms with Crippen molar-refractivity contribution in [2.75, 3.05) is 12.4 Å². The van der Waals surface area contributed by atoms with E-state index in [0.29, 0.717) is 28.5 Å². The molecular weight excluding hydrogens is 397 g/mol. The van der Waals surface area contributed by atoms with Gasteiger partial charge in [0, 0.05) is 42.5 Å². The summed E-state index contributed by atoms with van der Waals surface area (Å²) in [6.07, 6.45) is 7.83. The molecule has 0 aliphatic heterocycles. The first-order valence-corrected chi connectivity index (χ1v) is 9.81. The van der Waals surface area contributed by atoms with Crippen molar-refractivity contribution in [3.63, 3.8) is 0 Å². The van der Waals surface area contributed by atoms with Crippen LogP contribution in [0, 0.1) is 5.82 Å². The predicted molar refractivity (Wildman–Crippen MR) is 109 cm³/mol. The van der Waals surface area contributed by atoms with Crippen molar-refractivity contribution >= 4 is 34.5 Å². The fourth-order valence-electron chi connectivity index (χ4n) is 3.66. The summed E-state index contributed by atoms with van der Waals surface area (Å²) in [5.41, 5.74) is 1.35. The van der Waals surface area contributed by atoms with E-state index in [0.717, 1.165) is 30.8 Å². The summed E-state index contributed by atoms with van der Waals surface area (Å²) in [4.78, 5) is 27.4. The highest BCUT2D eigenvalue weighted by Crippen LogP contribution is 2.29. The van der Waals surface area contributed by atoms with E-state index in [-0.39, 0.29) is 23.9 Å². The standard InChI is InChI=1S/C19H21ClFN7O/c1-22-19(29)27-12-4-2-3-11(6-12)26-18-15(21)9-25-17(28-18)14-8-24-16-13(14)5-10(20)7-23-16/h5,7-9,11-12H,2-4,6H2,1H3,(H,23,24)(H2,22,27,29)(H,25,26,28)/t11-,12+/m0/s1. The molecule has 1 fully saturated rings. The molecule has 0 spiro atoms. The third-order valence-corrected chi connectivity index (χ3v) is 5.27. The molecule has 8 nitrogen and oxygen atoms in total. The number of hydrogen-bond acceptors (Lipinski definition) is 5. The van der Waals surface area contributed by atoms with E-state index in [1.807, 2.05) is 0 Å². The van der Waals surface area contributed by atoms with Crippen molar-refractivity contribution in [1.82, 2.24) is 30.6 Å². The predicted octanol–water partition coefficient (Wildman–Crippen LogP) is 3.46. The van der Waals surface area contributed by atoms with Gasteiger partial charge in [-0.3, -0.25) is 0 Å². The minimum Gasteiger partial charge on any atom is -0.365 e. The van der Waals surface area contributed by atoms with Crippen molar-refractivity contribution in [2.24, 2.45) is 0 Å². The minimum absolute atomic E-state index is 0.00207. The van der Waals surface area contributed by atoms with E-state index < -0.39 is 5.82 Å². The second-order valence-corrected chi connectivity index (χ2v) is 7.51. The molecule has 10 heteroatoms. The summed E-state index contributed by atoms with van der Waals surface area (Å²) in [5.74, 6) is -0.00359. The van der Waals surface area contributed by atoms with Gasteiger partial charge >= 0.3 is 6.03 Å². The normalized spacial score (nSPS) is 19.1. The number of pyridine rings is 1. The van der Waals surface area contributed by atoms with Crippen LogP contribution >= 0.6 is 11.6 Å². The number of carbonyl (C=O) groups is 1. The Hall–Kier alpha value is -2.94. The molecule has 152 valence electrons. The van der Waals surface area contributed by atoms with Crippen molar-refractivity contribution < 1.29 is 9.18 Å². The van der Waals surface area contributed by atoms with Crippen molar-refractivity contribution in [3.05, 3.63) is 35.5 Å². The first-order chi connectivity index (χ1) is 14.0. The van der Waals surface area contributed by atoms with Crippen LogP contribution in [0.2, 0.25) is 5.02 Å². The summed E-state index contributed by atoms with van der Waals surface area (Å²) in [5, 5.41) is 9.92. The van der Waals surface area contributed by atoms with Crippen LogP contribution in [0.15, 0.2) is 24.7 Å². The van der Waals surface area contributed by atoms with Crippen LogP contribution in [-0.4, -0.2) is 45.1 Å². The molecular formula is C19H21ClFN7O. The maximum atomic E-state index is 14.4. The zero-order valence-electron chi connectivity index (χ0n) is 15.8. The van der Waals surface area contributed by atoms with Gasteiger partial charge in [-0.2, -0.15) is 0 Å². The molecule has 3 heterocycles. The molecule has 1 aliphatic carbocycles. The van der Waals surface area contributed by atoms with Gasteiger partial charge in [-0.15, -0.1) is 0 Å². The van der Waals surface area contributed by atoms with Gasteiger partial charge in [0.05, 0.1) is 11.2 Å². The van der Waals surface area contributed by atoms with Gasteiger partial charge in [-0.05, 0) is 31.7 Å². The Labute approximate surface area is 171 Å². The van der Waals surface area contributed by atoms with Gasteiger partial charge < -0.3 is 20.9 Å². The molecule has 0 bridgehead atoms. The van der Waals surface area contributed by atoms with Gasteiger partial charge in [0.2, 0.25) is 0 Å². The molecule has 0 aromatic carbocycles. The Morgan fingerprint density at radius 1 is 1.28 bits per heavy atom. The van der Waals surface area contributed by atoms with Gasteiger partial charge in [0.1, 0.15) is 5.65 Å². The van der Waals surface area contributed by atoms with Crippen LogP contribution in [0.3, 0.4) is 0 Å².